The lowest BCUT2D eigenvalue weighted by Gasteiger charge is -2.38. The van der Waals surface area contributed by atoms with Crippen LogP contribution in [0.15, 0.2) is 12.1 Å². The summed E-state index contributed by atoms with van der Waals surface area (Å²) in [6, 6.07) is 2.02. The Morgan fingerprint density at radius 2 is 1.85 bits per heavy atom. The molecule has 1 unspecified atom stereocenters. The van der Waals surface area contributed by atoms with Crippen molar-refractivity contribution in [2.24, 2.45) is 5.73 Å². The first-order valence-corrected chi connectivity index (χ1v) is 9.05. The second kappa shape index (κ2) is 8.94. The van der Waals surface area contributed by atoms with E-state index in [1.165, 1.54) is 19.1 Å². The quantitative estimate of drug-likeness (QED) is 0.757. The Labute approximate surface area is 159 Å². The predicted octanol–water partition coefficient (Wildman–Crippen LogP) is 2.78. The van der Waals surface area contributed by atoms with Crippen molar-refractivity contribution in [1.29, 1.82) is 0 Å². The molecule has 0 saturated carbocycles. The van der Waals surface area contributed by atoms with Crippen LogP contribution in [0.25, 0.3) is 0 Å². The molecule has 1 heterocycles. The average Bonchev–Trinajstić information content (AvgIpc) is 2.66. The fourth-order valence-electron chi connectivity index (χ4n) is 3.01. The van der Waals surface area contributed by atoms with Gasteiger partial charge in [0.25, 0.3) is 0 Å². The van der Waals surface area contributed by atoms with E-state index in [0.29, 0.717) is 29.2 Å². The highest BCUT2D eigenvalue weighted by Crippen LogP contribution is 2.43. The van der Waals surface area contributed by atoms with Gasteiger partial charge in [-0.15, -0.1) is 0 Å². The Balaban J connectivity index is 2.56. The molecule has 8 heteroatoms. The molecule has 27 heavy (non-hydrogen) atoms. The van der Waals surface area contributed by atoms with Crippen molar-refractivity contribution in [3.05, 3.63) is 17.7 Å². The van der Waals surface area contributed by atoms with Gasteiger partial charge in [0.1, 0.15) is 12.1 Å². The number of rotatable bonds is 6. The summed E-state index contributed by atoms with van der Waals surface area (Å²) in [7, 11) is 3.02. The summed E-state index contributed by atoms with van der Waals surface area (Å²) < 4.78 is 21.3. The second-order valence-electron chi connectivity index (χ2n) is 6.35. The maximum Gasteiger partial charge on any atom is 0.415 e. The zero-order valence-corrected chi connectivity index (χ0v) is 16.5. The summed E-state index contributed by atoms with van der Waals surface area (Å²) in [5.74, 6) is 0.403. The lowest BCUT2D eigenvalue weighted by Crippen LogP contribution is -2.51. The Morgan fingerprint density at radius 1 is 1.22 bits per heavy atom. The van der Waals surface area contributed by atoms with E-state index in [2.05, 4.69) is 0 Å². The van der Waals surface area contributed by atoms with Gasteiger partial charge in [-0.05, 0) is 38.3 Å². The number of nitrogens with two attached hydrogens (primary N) is 1. The number of benzene rings is 1. The third-order valence-electron chi connectivity index (χ3n) is 4.61. The van der Waals surface area contributed by atoms with Crippen molar-refractivity contribution in [1.82, 2.24) is 0 Å². The number of hydrogen-bond donors (Lipinski definition) is 1. The van der Waals surface area contributed by atoms with Gasteiger partial charge in [0.2, 0.25) is 0 Å². The fourth-order valence-corrected chi connectivity index (χ4v) is 3.01. The van der Waals surface area contributed by atoms with E-state index in [1.807, 2.05) is 6.92 Å². The maximum atomic E-state index is 12.9. The van der Waals surface area contributed by atoms with Gasteiger partial charge in [-0.2, -0.15) is 0 Å². The van der Waals surface area contributed by atoms with Crippen molar-refractivity contribution in [3.8, 4) is 11.5 Å². The number of ether oxygens (including phenoxy) is 4. The first kappa shape index (κ1) is 20.8. The third kappa shape index (κ3) is 4.27. The lowest BCUT2D eigenvalue weighted by atomic mass is 9.91. The number of amides is 1. The summed E-state index contributed by atoms with van der Waals surface area (Å²) in [6.45, 7) is 5.62. The van der Waals surface area contributed by atoms with E-state index >= 15 is 0 Å². The maximum absolute atomic E-state index is 12.9. The SMILES string of the molecule is CCOC(=O)[C@H]1C[C@H](N)c2cc(OC)c(OC)cc2N1C(=O)OC(C)CC. The molecule has 0 saturated heterocycles. The largest absolute Gasteiger partial charge is 0.493 e. The molecule has 150 valence electrons. The Hall–Kier alpha value is -2.48. The van der Waals surface area contributed by atoms with Crippen molar-refractivity contribution in [2.45, 2.75) is 51.8 Å². The number of methoxy groups -OCH3 is 2. The molecule has 2 rings (SSSR count). The first-order valence-electron chi connectivity index (χ1n) is 9.05. The van der Waals surface area contributed by atoms with Crippen LogP contribution in [0.1, 0.15) is 45.2 Å². The smallest absolute Gasteiger partial charge is 0.415 e. The van der Waals surface area contributed by atoms with Crippen LogP contribution >= 0.6 is 0 Å². The minimum atomic E-state index is -0.873. The summed E-state index contributed by atoms with van der Waals surface area (Å²) >= 11 is 0. The Bertz CT molecular complexity index is 693. The molecule has 8 nitrogen and oxygen atoms in total. The number of anilines is 1. The zero-order chi connectivity index (χ0) is 20.1. The molecular weight excluding hydrogens is 352 g/mol. The van der Waals surface area contributed by atoms with Gasteiger partial charge in [-0.25, -0.2) is 9.59 Å². The molecule has 0 spiro atoms. The molecule has 1 amide bonds. The number of fused-ring (bicyclic) bond motifs is 1. The van der Waals surface area contributed by atoms with Crippen LogP contribution in [0.5, 0.6) is 11.5 Å². The van der Waals surface area contributed by atoms with Gasteiger partial charge in [0, 0.05) is 12.1 Å². The summed E-state index contributed by atoms with van der Waals surface area (Å²) in [4.78, 5) is 26.7. The fraction of sp³-hybridized carbons (Fsp3) is 0.579. The summed E-state index contributed by atoms with van der Waals surface area (Å²) in [6.07, 6.45) is -0.0406. The van der Waals surface area contributed by atoms with Crippen LogP contribution in [0.3, 0.4) is 0 Å². The molecule has 1 aromatic carbocycles. The van der Waals surface area contributed by atoms with Crippen LogP contribution in [0.2, 0.25) is 0 Å². The van der Waals surface area contributed by atoms with Crippen LogP contribution < -0.4 is 20.1 Å². The minimum Gasteiger partial charge on any atom is -0.493 e. The molecule has 0 aromatic heterocycles. The van der Waals surface area contributed by atoms with Gasteiger partial charge >= 0.3 is 12.1 Å². The van der Waals surface area contributed by atoms with E-state index in [9.17, 15) is 9.59 Å². The molecule has 2 N–H and O–H groups in total. The monoisotopic (exact) mass is 380 g/mol. The number of carbonyl (C=O) groups excluding carboxylic acids is 2. The van der Waals surface area contributed by atoms with Gasteiger partial charge in [0.15, 0.2) is 11.5 Å². The normalized spacial score (nSPS) is 19.7. The molecule has 0 fully saturated rings. The highest BCUT2D eigenvalue weighted by atomic mass is 16.6. The van der Waals surface area contributed by atoms with Crippen molar-refractivity contribution in [2.75, 3.05) is 25.7 Å². The predicted molar refractivity (Wildman–Crippen MR) is 100 cm³/mol. The van der Waals surface area contributed by atoms with Crippen molar-refractivity contribution in [3.63, 3.8) is 0 Å². The van der Waals surface area contributed by atoms with E-state index in [4.69, 9.17) is 24.7 Å². The van der Waals surface area contributed by atoms with Gasteiger partial charge < -0.3 is 24.7 Å². The number of hydrogen-bond acceptors (Lipinski definition) is 7. The van der Waals surface area contributed by atoms with E-state index in [1.54, 1.807) is 26.0 Å². The van der Waals surface area contributed by atoms with Crippen LogP contribution in [-0.4, -0.2) is 45.0 Å². The van der Waals surface area contributed by atoms with E-state index in [0.717, 1.165) is 0 Å². The van der Waals surface area contributed by atoms with Crippen molar-refractivity contribution >= 4 is 17.7 Å². The van der Waals surface area contributed by atoms with E-state index in [-0.39, 0.29) is 19.1 Å². The molecular formula is C19H28N2O6. The first-order chi connectivity index (χ1) is 12.9. The molecule has 0 radical (unpaired) electrons. The molecule has 1 aliphatic heterocycles. The highest BCUT2D eigenvalue weighted by Gasteiger charge is 2.41. The standard InChI is InChI=1S/C19H28N2O6/c1-6-11(3)27-19(23)21-14-10-17(25-5)16(24-4)8-12(14)13(20)9-15(21)18(22)26-7-2/h8,10-11,13,15H,6-7,9,20H2,1-5H3/t11?,13-,15+/m0/s1. The third-order valence-corrected chi connectivity index (χ3v) is 4.61. The topological polar surface area (TPSA) is 100 Å². The molecule has 3 atom stereocenters. The molecule has 0 bridgehead atoms. The van der Waals surface area contributed by atoms with Gasteiger partial charge in [0.05, 0.1) is 26.5 Å². The molecule has 1 aromatic rings. The van der Waals surface area contributed by atoms with Crippen molar-refractivity contribution < 1.29 is 28.5 Å². The van der Waals surface area contributed by atoms with E-state index < -0.39 is 24.1 Å². The average molecular weight is 380 g/mol. The number of carbonyl (C=O) groups is 2. The Morgan fingerprint density at radius 3 is 2.41 bits per heavy atom. The Kier molecular flexibility index (Phi) is 6.90. The molecule has 0 aliphatic carbocycles. The highest BCUT2D eigenvalue weighted by molar-refractivity contribution is 5.98. The van der Waals surface area contributed by atoms with Gasteiger partial charge in [-0.3, -0.25) is 4.90 Å². The molecule has 1 aliphatic rings. The number of esters is 1. The summed E-state index contributed by atoms with van der Waals surface area (Å²) in [5.41, 5.74) is 7.42. The van der Waals surface area contributed by atoms with Crippen LogP contribution in [0.4, 0.5) is 10.5 Å². The summed E-state index contributed by atoms with van der Waals surface area (Å²) in [5, 5.41) is 0. The number of nitrogens with zero attached hydrogens (tertiary/aromatic N) is 1. The second-order valence-corrected chi connectivity index (χ2v) is 6.35. The van der Waals surface area contributed by atoms with Crippen LogP contribution in [0, 0.1) is 0 Å². The minimum absolute atomic E-state index is 0.206. The van der Waals surface area contributed by atoms with Crippen LogP contribution in [-0.2, 0) is 14.3 Å². The van der Waals surface area contributed by atoms with Gasteiger partial charge in [-0.1, -0.05) is 6.92 Å². The lowest BCUT2D eigenvalue weighted by molar-refractivity contribution is -0.145. The zero-order valence-electron chi connectivity index (χ0n) is 16.5.